The van der Waals surface area contributed by atoms with Crippen LogP contribution in [0.2, 0.25) is 0 Å². The van der Waals surface area contributed by atoms with Crippen molar-refractivity contribution >= 4 is 0 Å². The van der Waals surface area contributed by atoms with E-state index in [1.54, 1.807) is 0 Å². The Bertz CT molecular complexity index is 358. The van der Waals surface area contributed by atoms with Gasteiger partial charge in [0.2, 0.25) is 0 Å². The van der Waals surface area contributed by atoms with E-state index in [0.717, 1.165) is 0 Å². The molecule has 2 rings (SSSR count). The molecule has 1 nitrogen and oxygen atoms in total. The molecule has 0 saturated carbocycles. The van der Waals surface area contributed by atoms with Crippen molar-refractivity contribution < 1.29 is 4.74 Å². The molecule has 1 aliphatic heterocycles. The maximum Gasteiger partial charge on any atom is 0.109 e. The molecule has 1 heteroatoms. The lowest BCUT2D eigenvalue weighted by atomic mass is 9.98. The first-order valence-corrected chi connectivity index (χ1v) is 7.56. The quantitative estimate of drug-likeness (QED) is 0.462. The third-order valence-corrected chi connectivity index (χ3v) is 3.87. The first kappa shape index (κ1) is 13.6. The van der Waals surface area contributed by atoms with Gasteiger partial charge in [-0.1, -0.05) is 63.3 Å². The number of unbranched alkanes of at least 4 members (excludes halogenated alkanes) is 5. The van der Waals surface area contributed by atoms with Crippen LogP contribution in [0.3, 0.4) is 0 Å². The number of hydrogen-bond acceptors (Lipinski definition) is 1. The molecule has 0 amide bonds. The van der Waals surface area contributed by atoms with Crippen LogP contribution in [-0.2, 0) is 11.2 Å². The van der Waals surface area contributed by atoms with Gasteiger partial charge in [0.1, 0.15) is 6.10 Å². The zero-order valence-corrected chi connectivity index (χ0v) is 11.8. The summed E-state index contributed by atoms with van der Waals surface area (Å²) in [5.74, 6) is 0. The summed E-state index contributed by atoms with van der Waals surface area (Å²) in [6, 6.07) is 8.80. The number of ether oxygens (including phenoxy) is 1. The Kier molecular flexibility index (Phi) is 5.25. The first-order chi connectivity index (χ1) is 8.83. The van der Waals surface area contributed by atoms with E-state index in [9.17, 15) is 0 Å². The van der Waals surface area contributed by atoms with Crippen molar-refractivity contribution in [3.05, 3.63) is 35.4 Å². The highest BCUT2D eigenvalue weighted by Gasteiger charge is 2.36. The molecule has 0 bridgehead atoms. The van der Waals surface area contributed by atoms with Gasteiger partial charge < -0.3 is 4.74 Å². The summed E-state index contributed by atoms with van der Waals surface area (Å²) in [6.07, 6.45) is 10.2. The molecule has 0 radical (unpaired) electrons. The van der Waals surface area contributed by atoms with E-state index >= 15 is 0 Å². The van der Waals surface area contributed by atoms with Crippen molar-refractivity contribution in [1.29, 1.82) is 0 Å². The summed E-state index contributed by atoms with van der Waals surface area (Å²) in [4.78, 5) is 0. The molecule has 2 unspecified atom stereocenters. The second kappa shape index (κ2) is 6.94. The van der Waals surface area contributed by atoms with Crippen LogP contribution < -0.4 is 0 Å². The van der Waals surface area contributed by atoms with Gasteiger partial charge in [-0.15, -0.1) is 0 Å². The van der Waals surface area contributed by atoms with Crippen LogP contribution in [0.25, 0.3) is 0 Å². The fraction of sp³-hybridized carbons (Fsp3) is 0.647. The number of benzene rings is 1. The normalized spacial score (nSPS) is 22.1. The highest BCUT2D eigenvalue weighted by Crippen LogP contribution is 2.40. The summed E-state index contributed by atoms with van der Waals surface area (Å²) in [6.45, 7) is 4.43. The van der Waals surface area contributed by atoms with E-state index < -0.39 is 0 Å². The first-order valence-electron chi connectivity index (χ1n) is 7.56. The third-order valence-electron chi connectivity index (χ3n) is 3.87. The maximum absolute atomic E-state index is 5.60. The van der Waals surface area contributed by atoms with E-state index in [1.165, 1.54) is 56.1 Å². The Morgan fingerprint density at radius 1 is 1.00 bits per heavy atom. The Balaban J connectivity index is 1.75. The van der Waals surface area contributed by atoms with Crippen LogP contribution in [0.4, 0.5) is 0 Å². The van der Waals surface area contributed by atoms with Gasteiger partial charge in [0, 0.05) is 0 Å². The molecule has 2 atom stereocenters. The number of epoxide rings is 1. The third kappa shape index (κ3) is 3.84. The molecular weight excluding hydrogens is 220 g/mol. The average Bonchev–Trinajstić information content (AvgIpc) is 3.11. The second-order valence-electron chi connectivity index (χ2n) is 5.48. The maximum atomic E-state index is 5.60. The van der Waals surface area contributed by atoms with Gasteiger partial charge in [-0.05, 0) is 30.9 Å². The van der Waals surface area contributed by atoms with Crippen molar-refractivity contribution in [1.82, 2.24) is 0 Å². The minimum absolute atomic E-state index is 0.376. The van der Waals surface area contributed by atoms with Crippen LogP contribution in [0.15, 0.2) is 24.3 Å². The monoisotopic (exact) mass is 246 g/mol. The summed E-state index contributed by atoms with van der Waals surface area (Å²) in [5.41, 5.74) is 2.93. The summed E-state index contributed by atoms with van der Waals surface area (Å²) < 4.78 is 5.60. The van der Waals surface area contributed by atoms with Crippen LogP contribution in [0.5, 0.6) is 0 Å². The molecule has 1 aliphatic rings. The fourth-order valence-corrected chi connectivity index (χ4v) is 2.65. The van der Waals surface area contributed by atoms with Gasteiger partial charge >= 0.3 is 0 Å². The van der Waals surface area contributed by atoms with E-state index in [-0.39, 0.29) is 0 Å². The van der Waals surface area contributed by atoms with Gasteiger partial charge in [0.25, 0.3) is 0 Å². The van der Waals surface area contributed by atoms with Gasteiger partial charge in [0.15, 0.2) is 0 Å². The minimum atomic E-state index is 0.376. The van der Waals surface area contributed by atoms with Gasteiger partial charge in [0.05, 0.1) is 6.10 Å². The number of hydrogen-bond donors (Lipinski definition) is 0. The lowest BCUT2D eigenvalue weighted by molar-refractivity contribution is 0.382. The molecule has 0 aromatic heterocycles. The topological polar surface area (TPSA) is 12.5 Å². The molecule has 1 aromatic rings. The van der Waals surface area contributed by atoms with Crippen molar-refractivity contribution in [3.63, 3.8) is 0 Å². The average molecular weight is 246 g/mol. The predicted octanol–water partition coefficient (Wildman–Crippen LogP) is 5.05. The van der Waals surface area contributed by atoms with E-state index in [2.05, 4.69) is 38.1 Å². The minimum Gasteiger partial charge on any atom is -0.365 e. The molecule has 0 N–H and O–H groups in total. The molecule has 0 aliphatic carbocycles. The molecule has 1 fully saturated rings. The van der Waals surface area contributed by atoms with Crippen molar-refractivity contribution in [2.24, 2.45) is 0 Å². The summed E-state index contributed by atoms with van der Waals surface area (Å²) in [5, 5.41) is 0. The zero-order valence-electron chi connectivity index (χ0n) is 11.8. The Morgan fingerprint density at radius 2 is 1.67 bits per heavy atom. The van der Waals surface area contributed by atoms with Crippen molar-refractivity contribution in [2.75, 3.05) is 0 Å². The molecule has 0 spiro atoms. The van der Waals surface area contributed by atoms with Crippen LogP contribution >= 0.6 is 0 Å². The lowest BCUT2D eigenvalue weighted by Gasteiger charge is -2.07. The van der Waals surface area contributed by atoms with E-state index in [0.29, 0.717) is 12.2 Å². The molecular formula is C17H26O. The fourth-order valence-electron chi connectivity index (χ4n) is 2.65. The van der Waals surface area contributed by atoms with Gasteiger partial charge in [-0.3, -0.25) is 0 Å². The standard InChI is InChI=1S/C17H26O/c1-3-4-5-6-7-8-11-15-12-9-10-13-16(15)17-14(2)18-17/h9-10,12-14,17H,3-8,11H2,1-2H3. The second-order valence-corrected chi connectivity index (χ2v) is 5.48. The van der Waals surface area contributed by atoms with Crippen LogP contribution in [-0.4, -0.2) is 6.10 Å². The van der Waals surface area contributed by atoms with Crippen LogP contribution in [0.1, 0.15) is 69.6 Å². The smallest absolute Gasteiger partial charge is 0.109 e. The Hall–Kier alpha value is -0.820. The molecule has 18 heavy (non-hydrogen) atoms. The van der Waals surface area contributed by atoms with E-state index in [4.69, 9.17) is 4.74 Å². The lowest BCUT2D eigenvalue weighted by Crippen LogP contribution is -1.94. The van der Waals surface area contributed by atoms with E-state index in [1.807, 2.05) is 0 Å². The number of aryl methyl sites for hydroxylation is 1. The molecule has 100 valence electrons. The van der Waals surface area contributed by atoms with Gasteiger partial charge in [-0.2, -0.15) is 0 Å². The largest absolute Gasteiger partial charge is 0.365 e. The predicted molar refractivity (Wildman–Crippen MR) is 76.8 cm³/mol. The highest BCUT2D eigenvalue weighted by atomic mass is 16.6. The molecule has 1 saturated heterocycles. The van der Waals surface area contributed by atoms with Crippen molar-refractivity contribution in [2.45, 2.75) is 71.0 Å². The summed E-state index contributed by atoms with van der Waals surface area (Å²) in [7, 11) is 0. The zero-order chi connectivity index (χ0) is 12.8. The summed E-state index contributed by atoms with van der Waals surface area (Å²) >= 11 is 0. The van der Waals surface area contributed by atoms with Crippen molar-refractivity contribution in [3.8, 4) is 0 Å². The van der Waals surface area contributed by atoms with Gasteiger partial charge in [-0.25, -0.2) is 0 Å². The van der Waals surface area contributed by atoms with Crippen LogP contribution in [0, 0.1) is 0 Å². The highest BCUT2D eigenvalue weighted by molar-refractivity contribution is 5.32. The SMILES string of the molecule is CCCCCCCCc1ccccc1C1OC1C. The number of rotatable bonds is 8. The Morgan fingerprint density at radius 3 is 2.39 bits per heavy atom. The molecule has 1 heterocycles. The molecule has 1 aromatic carbocycles. The Labute approximate surface area is 112 Å².